The summed E-state index contributed by atoms with van der Waals surface area (Å²) in [6.45, 7) is 8.01. The quantitative estimate of drug-likeness (QED) is 0.354. The molecule has 1 atom stereocenters. The van der Waals surface area contributed by atoms with E-state index in [2.05, 4.69) is 18.7 Å². The lowest BCUT2D eigenvalue weighted by Crippen LogP contribution is -2.32. The fourth-order valence-electron chi connectivity index (χ4n) is 2.47. The van der Waals surface area contributed by atoms with Gasteiger partial charge in [-0.2, -0.15) is 0 Å². The fraction of sp³-hybridized carbons (Fsp3) is 0.412. The van der Waals surface area contributed by atoms with Gasteiger partial charge >= 0.3 is 0 Å². The summed E-state index contributed by atoms with van der Waals surface area (Å²) in [5.41, 5.74) is 9.69. The molecule has 0 heterocycles. The number of ketones is 1. The van der Waals surface area contributed by atoms with Gasteiger partial charge in [0.05, 0.1) is 5.57 Å². The van der Waals surface area contributed by atoms with Gasteiger partial charge in [0.2, 0.25) is 0 Å². The molecule has 0 aliphatic heterocycles. The number of Topliss-reactive ketones (excluding diaryl/α,β-unsaturated/α-hetero) is 1. The molecule has 0 spiro atoms. The first-order valence-electron chi connectivity index (χ1n) is 7.40. The average Bonchev–Trinajstić information content (AvgIpc) is 2.36. The molecule has 2 N–H and O–H groups in total. The van der Waals surface area contributed by atoms with Gasteiger partial charge in [-0.25, -0.2) is 0 Å². The van der Waals surface area contributed by atoms with E-state index in [-0.39, 0.29) is 17.3 Å². The Bertz CT molecular complexity index is 619. The number of thiol groups is 1. The van der Waals surface area contributed by atoms with Crippen molar-refractivity contribution in [3.63, 3.8) is 0 Å². The molecule has 0 aromatic rings. The van der Waals surface area contributed by atoms with Gasteiger partial charge in [0.1, 0.15) is 7.85 Å². The molecule has 0 fully saturated rings. The van der Waals surface area contributed by atoms with E-state index in [1.165, 1.54) is 5.57 Å². The Morgan fingerprint density at radius 2 is 1.77 bits per heavy atom. The molecular formula is C17H24BNO2S. The minimum Gasteiger partial charge on any atom is -0.365 e. The van der Waals surface area contributed by atoms with Crippen LogP contribution in [0.2, 0.25) is 0 Å². The van der Waals surface area contributed by atoms with Gasteiger partial charge in [0.25, 0.3) is 5.91 Å². The van der Waals surface area contributed by atoms with Crippen LogP contribution in [-0.4, -0.2) is 19.5 Å². The predicted octanol–water partition coefficient (Wildman–Crippen LogP) is 2.45. The van der Waals surface area contributed by atoms with E-state index in [4.69, 9.17) is 5.73 Å². The third-order valence-corrected chi connectivity index (χ3v) is 4.30. The number of nitrogens with two attached hydrogens (primary N) is 1. The van der Waals surface area contributed by atoms with Crippen molar-refractivity contribution in [3.8, 4) is 0 Å². The van der Waals surface area contributed by atoms with Gasteiger partial charge in [-0.1, -0.05) is 28.8 Å². The minimum absolute atomic E-state index is 0.0400. The fourth-order valence-corrected chi connectivity index (χ4v) is 2.96. The standard InChI is InChI=1S/C17H24BNO2S/c1-9(2)5-7-11-14(18)12(8-6-10(3)4)16(22)13(15(11)20)17(19)21/h5-6,11,22H,7-8,18H2,1-4H3,(H2,19,21)/t11-/m1/s1. The van der Waals surface area contributed by atoms with Crippen LogP contribution in [-0.2, 0) is 9.59 Å². The first kappa shape index (κ1) is 18.6. The number of hydrogen-bond acceptors (Lipinski definition) is 3. The van der Waals surface area contributed by atoms with Crippen molar-refractivity contribution >= 4 is 32.2 Å². The van der Waals surface area contributed by atoms with Crippen LogP contribution >= 0.6 is 12.6 Å². The highest BCUT2D eigenvalue weighted by Crippen LogP contribution is 2.36. The zero-order valence-electron chi connectivity index (χ0n) is 14.0. The molecule has 0 radical (unpaired) electrons. The van der Waals surface area contributed by atoms with E-state index in [1.54, 1.807) is 0 Å². The number of allylic oxidation sites excluding steroid dienone is 6. The lowest BCUT2D eigenvalue weighted by atomic mass is 9.70. The summed E-state index contributed by atoms with van der Waals surface area (Å²) < 4.78 is 0. The Balaban J connectivity index is 3.38. The largest absolute Gasteiger partial charge is 0.365 e. The number of amides is 1. The van der Waals surface area contributed by atoms with E-state index in [0.29, 0.717) is 17.7 Å². The Hall–Kier alpha value is -1.49. The molecule has 22 heavy (non-hydrogen) atoms. The molecule has 0 aromatic heterocycles. The van der Waals surface area contributed by atoms with Crippen LogP contribution in [0.5, 0.6) is 0 Å². The Morgan fingerprint density at radius 1 is 1.23 bits per heavy atom. The molecule has 3 nitrogen and oxygen atoms in total. The second kappa shape index (κ2) is 7.68. The number of carbonyl (C=O) groups excluding carboxylic acids is 2. The zero-order chi connectivity index (χ0) is 17.0. The molecule has 1 rings (SSSR count). The van der Waals surface area contributed by atoms with Crippen molar-refractivity contribution in [2.75, 3.05) is 0 Å². The highest BCUT2D eigenvalue weighted by molar-refractivity contribution is 7.85. The van der Waals surface area contributed by atoms with Crippen molar-refractivity contribution in [3.05, 3.63) is 44.8 Å². The second-order valence-corrected chi connectivity index (χ2v) is 6.62. The summed E-state index contributed by atoms with van der Waals surface area (Å²) >= 11 is 4.42. The van der Waals surface area contributed by atoms with Crippen molar-refractivity contribution in [2.24, 2.45) is 11.7 Å². The van der Waals surface area contributed by atoms with Crippen LogP contribution in [0.3, 0.4) is 0 Å². The first-order valence-corrected chi connectivity index (χ1v) is 7.85. The van der Waals surface area contributed by atoms with Crippen molar-refractivity contribution in [2.45, 2.75) is 40.5 Å². The number of rotatable bonds is 5. The maximum atomic E-state index is 12.6. The lowest BCUT2D eigenvalue weighted by molar-refractivity contribution is -0.122. The SMILES string of the molecule is BC1=C(CC=C(C)C)C(S)=C(C(N)=O)C(=O)[C@@H]1CC=C(C)C. The highest BCUT2D eigenvalue weighted by Gasteiger charge is 2.34. The summed E-state index contributed by atoms with van der Waals surface area (Å²) in [6, 6.07) is 0. The van der Waals surface area contributed by atoms with Crippen molar-refractivity contribution in [1.29, 1.82) is 0 Å². The molecule has 5 heteroatoms. The average molecular weight is 317 g/mol. The van der Waals surface area contributed by atoms with Crippen LogP contribution in [0.1, 0.15) is 40.5 Å². The molecule has 118 valence electrons. The lowest BCUT2D eigenvalue weighted by Gasteiger charge is -2.27. The summed E-state index contributed by atoms with van der Waals surface area (Å²) in [5, 5.41) is 0. The molecule has 0 bridgehead atoms. The Kier molecular flexibility index (Phi) is 6.48. The topological polar surface area (TPSA) is 60.2 Å². The van der Waals surface area contributed by atoms with E-state index in [1.807, 2.05) is 41.6 Å². The van der Waals surface area contributed by atoms with Crippen LogP contribution in [0.25, 0.3) is 0 Å². The van der Waals surface area contributed by atoms with Gasteiger partial charge < -0.3 is 5.73 Å². The van der Waals surface area contributed by atoms with E-state index in [0.717, 1.165) is 16.6 Å². The monoisotopic (exact) mass is 317 g/mol. The Labute approximate surface area is 139 Å². The van der Waals surface area contributed by atoms with Gasteiger partial charge in [-0.05, 0) is 46.1 Å². The van der Waals surface area contributed by atoms with E-state index < -0.39 is 5.91 Å². The Morgan fingerprint density at radius 3 is 2.23 bits per heavy atom. The molecule has 1 amide bonds. The maximum absolute atomic E-state index is 12.6. The van der Waals surface area contributed by atoms with Gasteiger partial charge in [-0.15, -0.1) is 12.6 Å². The smallest absolute Gasteiger partial charge is 0.253 e. The summed E-state index contributed by atoms with van der Waals surface area (Å²) in [6.07, 6.45) is 5.33. The van der Waals surface area contributed by atoms with Gasteiger partial charge in [0.15, 0.2) is 5.78 Å². The summed E-state index contributed by atoms with van der Waals surface area (Å²) in [4.78, 5) is 24.7. The van der Waals surface area contributed by atoms with Crippen LogP contribution in [0.4, 0.5) is 0 Å². The zero-order valence-corrected chi connectivity index (χ0v) is 14.9. The minimum atomic E-state index is -0.695. The summed E-state index contributed by atoms with van der Waals surface area (Å²) in [7, 11) is 1.95. The maximum Gasteiger partial charge on any atom is 0.253 e. The molecule has 0 saturated carbocycles. The normalized spacial score (nSPS) is 18.4. The van der Waals surface area contributed by atoms with E-state index >= 15 is 0 Å². The molecule has 0 saturated heterocycles. The molecule has 1 aliphatic carbocycles. The molecule has 0 unspecified atom stereocenters. The van der Waals surface area contributed by atoms with Crippen LogP contribution in [0, 0.1) is 5.92 Å². The third kappa shape index (κ3) is 4.26. The second-order valence-electron chi connectivity index (χ2n) is 6.17. The number of carbonyl (C=O) groups is 2. The number of primary amides is 1. The predicted molar refractivity (Wildman–Crippen MR) is 97.4 cm³/mol. The number of hydrogen-bond donors (Lipinski definition) is 2. The third-order valence-electron chi connectivity index (χ3n) is 3.81. The first-order chi connectivity index (χ1) is 10.2. The van der Waals surface area contributed by atoms with Gasteiger partial charge in [0, 0.05) is 10.8 Å². The van der Waals surface area contributed by atoms with Crippen LogP contribution < -0.4 is 5.73 Å². The van der Waals surface area contributed by atoms with Crippen molar-refractivity contribution in [1.82, 2.24) is 0 Å². The highest BCUT2D eigenvalue weighted by atomic mass is 32.1. The van der Waals surface area contributed by atoms with Gasteiger partial charge in [-0.3, -0.25) is 9.59 Å². The molecular weight excluding hydrogens is 293 g/mol. The van der Waals surface area contributed by atoms with E-state index in [9.17, 15) is 9.59 Å². The van der Waals surface area contributed by atoms with Crippen molar-refractivity contribution < 1.29 is 9.59 Å². The summed E-state index contributed by atoms with van der Waals surface area (Å²) in [5.74, 6) is -1.23. The van der Waals surface area contributed by atoms with Crippen LogP contribution in [0.15, 0.2) is 44.8 Å². The molecule has 0 aromatic carbocycles. The molecule has 1 aliphatic rings.